The first-order valence-electron chi connectivity index (χ1n) is 26.3. The normalized spacial score (nSPS) is 13.1. The summed E-state index contributed by atoms with van der Waals surface area (Å²) in [5.74, 6) is -0.454. The predicted octanol–water partition coefficient (Wildman–Crippen LogP) is 15.6. The molecule has 0 bridgehead atoms. The van der Waals surface area contributed by atoms with Gasteiger partial charge in [-0.05, 0) is 25.7 Å². The highest BCUT2D eigenvalue weighted by atomic mass is 16.5. The highest BCUT2D eigenvalue weighted by Crippen LogP contribution is 2.19. The van der Waals surface area contributed by atoms with E-state index in [2.05, 4.69) is 26.1 Å². The van der Waals surface area contributed by atoms with Gasteiger partial charge in [0.15, 0.2) is 0 Å². The number of unbranched alkanes of at least 4 members (excludes halogenated alkanes) is 36. The van der Waals surface area contributed by atoms with Crippen molar-refractivity contribution in [3.05, 3.63) is 0 Å². The molecule has 3 N–H and O–H groups in total. The quantitative estimate of drug-likeness (QED) is 0.0420. The minimum atomic E-state index is -0.779. The molecule has 3 unspecified atom stereocenters. The first kappa shape index (κ1) is 56.9. The summed E-state index contributed by atoms with van der Waals surface area (Å²) in [7, 11) is 0. The fraction of sp³-hybridized carbons (Fsp3) is 0.962. The summed E-state index contributed by atoms with van der Waals surface area (Å²) < 4.78 is 5.92. The fourth-order valence-electron chi connectivity index (χ4n) is 8.43. The van der Waals surface area contributed by atoms with Crippen molar-refractivity contribution in [2.24, 2.45) is 0 Å². The Morgan fingerprint density at radius 2 is 0.724 bits per heavy atom. The van der Waals surface area contributed by atoms with E-state index in [0.29, 0.717) is 19.3 Å². The molecule has 0 saturated carbocycles. The highest BCUT2D eigenvalue weighted by molar-refractivity contribution is 5.77. The van der Waals surface area contributed by atoms with E-state index < -0.39 is 18.2 Å². The zero-order valence-corrected chi connectivity index (χ0v) is 39.5. The second-order valence-electron chi connectivity index (χ2n) is 18.3. The molecule has 0 fully saturated rings. The largest absolute Gasteiger partial charge is 0.462 e. The van der Waals surface area contributed by atoms with Crippen LogP contribution in [0.4, 0.5) is 0 Å². The number of aliphatic hydroxyl groups is 2. The van der Waals surface area contributed by atoms with Crippen molar-refractivity contribution in [1.29, 1.82) is 0 Å². The lowest BCUT2D eigenvalue weighted by Crippen LogP contribution is -2.46. The molecule has 0 aromatic rings. The number of hydrogen-bond acceptors (Lipinski definition) is 5. The number of carbonyl (C=O) groups excluding carboxylic acids is 2. The third kappa shape index (κ3) is 41.6. The number of amides is 1. The van der Waals surface area contributed by atoms with E-state index in [1.165, 1.54) is 205 Å². The molecule has 6 heteroatoms. The van der Waals surface area contributed by atoms with Gasteiger partial charge >= 0.3 is 5.97 Å². The van der Waals surface area contributed by atoms with E-state index >= 15 is 0 Å². The smallest absolute Gasteiger partial charge is 0.306 e. The number of hydrogen-bond donors (Lipinski definition) is 3. The van der Waals surface area contributed by atoms with Gasteiger partial charge in [0.05, 0.1) is 25.2 Å². The van der Waals surface area contributed by atoms with E-state index in [-0.39, 0.29) is 24.9 Å². The van der Waals surface area contributed by atoms with E-state index in [4.69, 9.17) is 4.74 Å². The summed E-state index contributed by atoms with van der Waals surface area (Å²) in [5.41, 5.74) is 0. The maximum Gasteiger partial charge on any atom is 0.306 e. The van der Waals surface area contributed by atoms with Crippen LogP contribution in [0.5, 0.6) is 0 Å². The number of esters is 1. The fourth-order valence-corrected chi connectivity index (χ4v) is 8.43. The van der Waals surface area contributed by atoms with Crippen molar-refractivity contribution >= 4 is 11.9 Å². The number of ether oxygens (including phenoxy) is 1. The maximum absolute atomic E-state index is 13.2. The van der Waals surface area contributed by atoms with Crippen molar-refractivity contribution < 1.29 is 24.5 Å². The van der Waals surface area contributed by atoms with E-state index in [0.717, 1.165) is 44.9 Å². The minimum absolute atomic E-state index is 0.0876. The Kier molecular flexibility index (Phi) is 46.0. The van der Waals surface area contributed by atoms with Gasteiger partial charge in [-0.1, -0.05) is 258 Å². The van der Waals surface area contributed by atoms with Gasteiger partial charge in [-0.15, -0.1) is 0 Å². The average Bonchev–Trinajstić information content (AvgIpc) is 3.22. The van der Waals surface area contributed by atoms with Crippen molar-refractivity contribution in [1.82, 2.24) is 5.32 Å². The monoisotopic (exact) mass is 822 g/mol. The molecule has 0 rings (SSSR count). The van der Waals surface area contributed by atoms with Crippen LogP contribution < -0.4 is 5.32 Å². The topological polar surface area (TPSA) is 95.9 Å². The molecule has 346 valence electrons. The predicted molar refractivity (Wildman–Crippen MR) is 250 cm³/mol. The molecular formula is C52H103NO5. The van der Waals surface area contributed by atoms with Crippen LogP contribution in [0.3, 0.4) is 0 Å². The third-order valence-corrected chi connectivity index (χ3v) is 12.4. The molecule has 58 heavy (non-hydrogen) atoms. The number of rotatable bonds is 48. The van der Waals surface area contributed by atoms with Crippen molar-refractivity contribution in [3.8, 4) is 0 Å². The van der Waals surface area contributed by atoms with Crippen LogP contribution in [0.15, 0.2) is 0 Å². The first-order valence-corrected chi connectivity index (χ1v) is 26.3. The Morgan fingerprint density at radius 1 is 0.431 bits per heavy atom. The van der Waals surface area contributed by atoms with Gasteiger partial charge in [0.1, 0.15) is 6.10 Å². The molecule has 0 radical (unpaired) electrons. The Hall–Kier alpha value is -1.14. The summed E-state index contributed by atoms with van der Waals surface area (Å²) in [6.07, 6.45) is 50.2. The zero-order chi connectivity index (χ0) is 42.4. The summed E-state index contributed by atoms with van der Waals surface area (Å²) in [4.78, 5) is 26.1. The van der Waals surface area contributed by atoms with Gasteiger partial charge < -0.3 is 20.3 Å². The average molecular weight is 822 g/mol. The molecule has 0 aliphatic carbocycles. The van der Waals surface area contributed by atoms with E-state index in [1.807, 2.05) is 0 Å². The van der Waals surface area contributed by atoms with Gasteiger partial charge in [0, 0.05) is 6.42 Å². The van der Waals surface area contributed by atoms with E-state index in [9.17, 15) is 19.8 Å². The summed E-state index contributed by atoms with van der Waals surface area (Å²) >= 11 is 0. The Labute approximate surface area is 362 Å². The molecule has 0 aromatic carbocycles. The molecule has 0 aliphatic rings. The maximum atomic E-state index is 13.2. The SMILES string of the molecule is CCCCCCCCCCCCCCCCCC(CC(=O)NC(CO)C(O)CCCCCCCCCCCCCCCCC)OC(=O)CCCCCCCCCCC. The molecule has 6 nitrogen and oxygen atoms in total. The zero-order valence-electron chi connectivity index (χ0n) is 39.5. The Balaban J connectivity index is 4.45. The van der Waals surface area contributed by atoms with Gasteiger partial charge in [0.25, 0.3) is 0 Å². The summed E-state index contributed by atoms with van der Waals surface area (Å²) in [6.45, 7) is 6.50. The standard InChI is InChI=1S/C52H103NO5/c1-4-7-10-13-16-19-21-23-25-27-29-32-34-37-40-43-48(58-52(57)45-42-39-36-31-18-15-12-9-6-3)46-51(56)53-49(47-54)50(55)44-41-38-35-33-30-28-26-24-22-20-17-14-11-8-5-2/h48-50,54-55H,4-47H2,1-3H3,(H,53,56). The van der Waals surface area contributed by atoms with Crippen LogP contribution in [0, 0.1) is 0 Å². The molecule has 0 aromatic heterocycles. The number of aliphatic hydroxyl groups excluding tert-OH is 2. The third-order valence-electron chi connectivity index (χ3n) is 12.4. The molecular weight excluding hydrogens is 719 g/mol. The highest BCUT2D eigenvalue weighted by Gasteiger charge is 2.24. The van der Waals surface area contributed by atoms with Crippen molar-refractivity contribution in [2.45, 2.75) is 315 Å². The Morgan fingerprint density at radius 3 is 1.05 bits per heavy atom. The minimum Gasteiger partial charge on any atom is -0.462 e. The molecule has 0 spiro atoms. The van der Waals surface area contributed by atoms with Gasteiger partial charge in [0.2, 0.25) is 5.91 Å². The Bertz CT molecular complexity index is 837. The lowest BCUT2D eigenvalue weighted by Gasteiger charge is -2.24. The first-order chi connectivity index (χ1) is 28.5. The van der Waals surface area contributed by atoms with Crippen LogP contribution in [-0.2, 0) is 14.3 Å². The molecule has 0 saturated heterocycles. The van der Waals surface area contributed by atoms with Gasteiger partial charge in [-0.25, -0.2) is 0 Å². The lowest BCUT2D eigenvalue weighted by molar-refractivity contribution is -0.151. The summed E-state index contributed by atoms with van der Waals surface area (Å²) in [5, 5.41) is 23.8. The van der Waals surface area contributed by atoms with Crippen LogP contribution in [0.25, 0.3) is 0 Å². The van der Waals surface area contributed by atoms with Crippen LogP contribution in [0.2, 0.25) is 0 Å². The number of carbonyl (C=O) groups is 2. The molecule has 0 aliphatic heterocycles. The van der Waals surface area contributed by atoms with Gasteiger partial charge in [-0.2, -0.15) is 0 Å². The molecule has 3 atom stereocenters. The van der Waals surface area contributed by atoms with Crippen molar-refractivity contribution in [3.63, 3.8) is 0 Å². The van der Waals surface area contributed by atoms with Crippen LogP contribution >= 0.6 is 0 Å². The molecule has 0 heterocycles. The van der Waals surface area contributed by atoms with Crippen LogP contribution in [-0.4, -0.2) is 46.9 Å². The number of nitrogens with one attached hydrogen (secondary N) is 1. The lowest BCUT2D eigenvalue weighted by atomic mass is 10.0. The molecule has 1 amide bonds. The van der Waals surface area contributed by atoms with Crippen molar-refractivity contribution in [2.75, 3.05) is 6.61 Å². The second kappa shape index (κ2) is 46.9. The second-order valence-corrected chi connectivity index (χ2v) is 18.3. The van der Waals surface area contributed by atoms with E-state index in [1.54, 1.807) is 0 Å². The van der Waals surface area contributed by atoms with Gasteiger partial charge in [-0.3, -0.25) is 9.59 Å². The van der Waals surface area contributed by atoms with Crippen LogP contribution in [0.1, 0.15) is 297 Å². The summed E-state index contributed by atoms with van der Waals surface area (Å²) in [6, 6.07) is -0.691.